The predicted octanol–water partition coefficient (Wildman–Crippen LogP) is 5.04. The van der Waals surface area contributed by atoms with Gasteiger partial charge in [-0.3, -0.25) is 0 Å². The first-order valence-corrected chi connectivity index (χ1v) is 12.4. The molecule has 1 amide bonds. The molecule has 0 aliphatic carbocycles. The number of alkyl halides is 2. The van der Waals surface area contributed by atoms with Crippen LogP contribution in [0, 0.1) is 13.8 Å². The number of rotatable bonds is 5. The first-order valence-electron chi connectivity index (χ1n) is 11.6. The average molecular weight is 534 g/mol. The van der Waals surface area contributed by atoms with Crippen LogP contribution in [0.3, 0.4) is 0 Å². The molecule has 37 heavy (non-hydrogen) atoms. The monoisotopic (exact) mass is 533 g/mol. The van der Waals surface area contributed by atoms with Gasteiger partial charge in [-0.05, 0) is 52.3 Å². The lowest BCUT2D eigenvalue weighted by molar-refractivity contribution is -0.0723. The van der Waals surface area contributed by atoms with E-state index in [1.54, 1.807) is 32.9 Å². The molecule has 1 aliphatic heterocycles. The first-order chi connectivity index (χ1) is 17.3. The molecular weight excluding hydrogens is 504 g/mol. The summed E-state index contributed by atoms with van der Waals surface area (Å²) in [4.78, 5) is 31.4. The number of amides is 1. The van der Waals surface area contributed by atoms with Gasteiger partial charge in [0.05, 0.1) is 29.5 Å². The number of aryl methyl sites for hydroxylation is 2. The summed E-state index contributed by atoms with van der Waals surface area (Å²) in [5, 5.41) is 3.70. The van der Waals surface area contributed by atoms with E-state index < -0.39 is 36.6 Å². The molecule has 4 heterocycles. The number of thiazole rings is 1. The van der Waals surface area contributed by atoms with Crippen LogP contribution in [0.25, 0.3) is 10.6 Å². The second-order valence-electron chi connectivity index (χ2n) is 9.87. The molecule has 0 spiro atoms. The SMILES string of the molecule is Cc1nc(Oc2cnc(N)cc2C)c(-c2ccnc(N[C@@H]3CN(C(=O)OC(C)(C)C)CC(F)(F)C3)n2)s1. The number of hydrogen-bond donors (Lipinski definition) is 2. The Balaban J connectivity index is 1.54. The van der Waals surface area contributed by atoms with E-state index in [4.69, 9.17) is 15.2 Å². The fraction of sp³-hybridized carbons (Fsp3) is 0.458. The molecule has 0 radical (unpaired) electrons. The maximum Gasteiger partial charge on any atom is 0.410 e. The van der Waals surface area contributed by atoms with Crippen molar-refractivity contribution in [2.75, 3.05) is 24.1 Å². The van der Waals surface area contributed by atoms with Gasteiger partial charge in [0.25, 0.3) is 5.92 Å². The van der Waals surface area contributed by atoms with Gasteiger partial charge in [0.2, 0.25) is 11.8 Å². The molecule has 198 valence electrons. The highest BCUT2D eigenvalue weighted by Crippen LogP contribution is 2.38. The van der Waals surface area contributed by atoms with Crippen molar-refractivity contribution in [1.29, 1.82) is 0 Å². The summed E-state index contributed by atoms with van der Waals surface area (Å²) in [6.45, 7) is 8.06. The van der Waals surface area contributed by atoms with Crippen LogP contribution >= 0.6 is 11.3 Å². The summed E-state index contributed by atoms with van der Waals surface area (Å²) >= 11 is 1.37. The Labute approximate surface area is 217 Å². The molecule has 4 rings (SSSR count). The number of ether oxygens (including phenoxy) is 2. The summed E-state index contributed by atoms with van der Waals surface area (Å²) in [7, 11) is 0. The van der Waals surface area contributed by atoms with Crippen molar-refractivity contribution in [3.05, 3.63) is 35.1 Å². The minimum Gasteiger partial charge on any atom is -0.444 e. The second-order valence-corrected chi connectivity index (χ2v) is 11.1. The number of nitrogens with zero attached hydrogens (tertiary/aromatic N) is 5. The van der Waals surface area contributed by atoms with Crippen LogP contribution in [0.4, 0.5) is 25.3 Å². The van der Waals surface area contributed by atoms with Gasteiger partial charge in [0.15, 0.2) is 5.75 Å². The number of anilines is 2. The number of nitrogens with one attached hydrogen (secondary N) is 1. The van der Waals surface area contributed by atoms with Gasteiger partial charge in [0, 0.05) is 19.2 Å². The van der Waals surface area contributed by atoms with E-state index in [1.807, 2.05) is 13.8 Å². The molecule has 10 nitrogen and oxygen atoms in total. The van der Waals surface area contributed by atoms with E-state index in [1.165, 1.54) is 23.7 Å². The van der Waals surface area contributed by atoms with Crippen LogP contribution in [-0.2, 0) is 4.74 Å². The van der Waals surface area contributed by atoms with E-state index in [-0.39, 0.29) is 12.5 Å². The lowest BCUT2D eigenvalue weighted by atomic mass is 10.0. The highest BCUT2D eigenvalue weighted by atomic mass is 32.1. The fourth-order valence-electron chi connectivity index (χ4n) is 3.81. The summed E-state index contributed by atoms with van der Waals surface area (Å²) in [6.07, 6.45) is 1.78. The van der Waals surface area contributed by atoms with Gasteiger partial charge in [-0.25, -0.2) is 33.5 Å². The van der Waals surface area contributed by atoms with Crippen molar-refractivity contribution < 1.29 is 23.0 Å². The fourth-order valence-corrected chi connectivity index (χ4v) is 4.63. The van der Waals surface area contributed by atoms with Crippen LogP contribution in [0.15, 0.2) is 24.5 Å². The molecule has 0 aromatic carbocycles. The average Bonchev–Trinajstić information content (AvgIpc) is 3.14. The highest BCUT2D eigenvalue weighted by molar-refractivity contribution is 7.15. The quantitative estimate of drug-likeness (QED) is 0.463. The Morgan fingerprint density at radius 1 is 1.27 bits per heavy atom. The summed E-state index contributed by atoms with van der Waals surface area (Å²) in [6, 6.07) is 2.59. The Hall–Kier alpha value is -3.61. The Morgan fingerprint density at radius 3 is 2.73 bits per heavy atom. The van der Waals surface area contributed by atoms with Crippen molar-refractivity contribution in [1.82, 2.24) is 24.8 Å². The zero-order valence-corrected chi connectivity index (χ0v) is 22.0. The van der Waals surface area contributed by atoms with Crippen molar-refractivity contribution in [3.8, 4) is 22.2 Å². The summed E-state index contributed by atoms with van der Waals surface area (Å²) in [5.74, 6) is -1.73. The topological polar surface area (TPSA) is 128 Å². The number of aromatic nitrogens is 4. The van der Waals surface area contributed by atoms with E-state index in [9.17, 15) is 13.6 Å². The van der Waals surface area contributed by atoms with E-state index >= 15 is 0 Å². The third-order valence-electron chi connectivity index (χ3n) is 5.27. The molecule has 0 unspecified atom stereocenters. The van der Waals surface area contributed by atoms with Gasteiger partial charge in [-0.2, -0.15) is 0 Å². The molecule has 1 aliphatic rings. The molecule has 1 atom stereocenters. The molecule has 3 aromatic rings. The molecule has 13 heteroatoms. The summed E-state index contributed by atoms with van der Waals surface area (Å²) < 4.78 is 40.3. The minimum absolute atomic E-state index is 0.0233. The van der Waals surface area contributed by atoms with E-state index in [0.29, 0.717) is 28.0 Å². The Kier molecular flexibility index (Phi) is 7.18. The number of likely N-dealkylation sites (tertiary alicyclic amines) is 1. The van der Waals surface area contributed by atoms with Crippen molar-refractivity contribution in [2.45, 2.75) is 58.6 Å². The smallest absolute Gasteiger partial charge is 0.410 e. The Bertz CT molecular complexity index is 1300. The second kappa shape index (κ2) is 10.0. The van der Waals surface area contributed by atoms with Crippen molar-refractivity contribution >= 4 is 29.2 Å². The molecule has 1 saturated heterocycles. The maximum absolute atomic E-state index is 14.5. The van der Waals surface area contributed by atoms with Crippen LogP contribution in [-0.4, -0.2) is 61.6 Å². The maximum atomic E-state index is 14.5. The van der Waals surface area contributed by atoms with Crippen LogP contribution in [0.2, 0.25) is 0 Å². The number of hydrogen-bond acceptors (Lipinski definition) is 10. The van der Waals surface area contributed by atoms with E-state index in [2.05, 4.69) is 25.3 Å². The minimum atomic E-state index is -3.09. The molecule has 0 saturated carbocycles. The standard InChI is InChI=1S/C24H29F2N7O3S/c1-13-8-18(27)29-10-17(13)35-20-19(37-14(2)30-20)16-6-7-28-21(32-16)31-15-9-24(25,26)12-33(11-15)22(34)36-23(3,4)5/h6-8,10,15H,9,11-12H2,1-5H3,(H2,27,29)(H,28,31,32)/t15-/m0/s1. The predicted molar refractivity (Wildman–Crippen MR) is 136 cm³/mol. The van der Waals surface area contributed by atoms with Gasteiger partial charge < -0.3 is 25.4 Å². The molecule has 3 N–H and O–H groups in total. The number of carbonyl (C=O) groups is 1. The van der Waals surface area contributed by atoms with Crippen LogP contribution < -0.4 is 15.8 Å². The number of nitrogen functional groups attached to an aromatic ring is 1. The van der Waals surface area contributed by atoms with Gasteiger partial charge in [-0.1, -0.05) is 0 Å². The Morgan fingerprint density at radius 2 is 2.03 bits per heavy atom. The van der Waals surface area contributed by atoms with Crippen molar-refractivity contribution in [3.63, 3.8) is 0 Å². The number of piperidine rings is 1. The number of nitrogens with two attached hydrogens (primary N) is 1. The molecule has 0 bridgehead atoms. The number of halogens is 2. The number of pyridine rings is 1. The summed E-state index contributed by atoms with van der Waals surface area (Å²) in [5.41, 5.74) is 6.23. The third kappa shape index (κ3) is 6.79. The third-order valence-corrected chi connectivity index (χ3v) is 6.25. The number of carbonyl (C=O) groups excluding carboxylic acids is 1. The van der Waals surface area contributed by atoms with E-state index in [0.717, 1.165) is 15.5 Å². The van der Waals surface area contributed by atoms with Crippen LogP contribution in [0.1, 0.15) is 37.8 Å². The molecule has 1 fully saturated rings. The molecular formula is C24H29F2N7O3S. The normalized spacial score (nSPS) is 17.4. The van der Waals surface area contributed by atoms with Crippen molar-refractivity contribution in [2.24, 2.45) is 0 Å². The lowest BCUT2D eigenvalue weighted by Gasteiger charge is -2.38. The highest BCUT2D eigenvalue weighted by Gasteiger charge is 2.43. The zero-order valence-electron chi connectivity index (χ0n) is 21.2. The van der Waals surface area contributed by atoms with Crippen LogP contribution in [0.5, 0.6) is 11.6 Å². The zero-order chi connectivity index (χ0) is 27.0. The first kappa shape index (κ1) is 26.5. The largest absolute Gasteiger partial charge is 0.444 e. The molecule has 3 aromatic heterocycles. The lowest BCUT2D eigenvalue weighted by Crippen LogP contribution is -2.54. The van der Waals surface area contributed by atoms with Gasteiger partial charge in [-0.15, -0.1) is 11.3 Å². The van der Waals surface area contributed by atoms with Gasteiger partial charge >= 0.3 is 6.09 Å². The van der Waals surface area contributed by atoms with Gasteiger partial charge in [0.1, 0.15) is 16.3 Å².